The fourth-order valence-electron chi connectivity index (χ4n) is 3.96. The molecule has 2 fully saturated rings. The summed E-state index contributed by atoms with van der Waals surface area (Å²) in [7, 11) is 0. The molecule has 2 aliphatic rings. The molecule has 9 heteroatoms. The zero-order valence-electron chi connectivity index (χ0n) is 16.5. The number of carbonyl (C=O) groups is 2. The average Bonchev–Trinajstić information content (AvgIpc) is 3.07. The Kier molecular flexibility index (Phi) is 10.7. The summed E-state index contributed by atoms with van der Waals surface area (Å²) < 4.78 is 13.0. The molecule has 6 nitrogen and oxygen atoms in total. The van der Waals surface area contributed by atoms with E-state index in [0.717, 1.165) is 38.0 Å². The van der Waals surface area contributed by atoms with Crippen molar-refractivity contribution in [3.8, 4) is 0 Å². The van der Waals surface area contributed by atoms with Gasteiger partial charge in [-0.05, 0) is 43.0 Å². The van der Waals surface area contributed by atoms with Crippen molar-refractivity contribution in [2.24, 2.45) is 11.7 Å². The molecule has 0 unspecified atom stereocenters. The molecule has 3 N–H and O–H groups in total. The van der Waals surface area contributed by atoms with Crippen molar-refractivity contribution >= 4 is 42.3 Å². The summed E-state index contributed by atoms with van der Waals surface area (Å²) in [6, 6.07) is 6.56. The highest BCUT2D eigenvalue weighted by Gasteiger charge is 2.26. The average molecular weight is 449 g/mol. The second-order valence-electron chi connectivity index (χ2n) is 7.50. The van der Waals surface area contributed by atoms with Crippen LogP contribution in [0, 0.1) is 11.7 Å². The molecule has 0 spiro atoms. The van der Waals surface area contributed by atoms with Gasteiger partial charge in [0.05, 0.1) is 0 Å². The number of nitrogens with two attached hydrogens (primary N) is 1. The van der Waals surface area contributed by atoms with Crippen LogP contribution in [0.2, 0.25) is 0 Å². The summed E-state index contributed by atoms with van der Waals surface area (Å²) in [5.74, 6) is 0.0858. The number of amides is 2. The van der Waals surface area contributed by atoms with Crippen LogP contribution >= 0.6 is 24.8 Å². The second-order valence-corrected chi connectivity index (χ2v) is 7.50. The molecule has 1 aromatic rings. The Morgan fingerprint density at radius 1 is 1.07 bits per heavy atom. The summed E-state index contributed by atoms with van der Waals surface area (Å²) >= 11 is 0. The largest absolute Gasteiger partial charge is 0.368 e. The Morgan fingerprint density at radius 3 is 2.31 bits per heavy atom. The Balaban J connectivity index is 0.00000210. The third-order valence-electron chi connectivity index (χ3n) is 5.65. The van der Waals surface area contributed by atoms with Crippen molar-refractivity contribution in [2.45, 2.75) is 38.1 Å². The van der Waals surface area contributed by atoms with Gasteiger partial charge in [0.25, 0.3) is 0 Å². The molecule has 1 saturated heterocycles. The maximum atomic E-state index is 13.0. The number of hydrogen-bond acceptors (Lipinski definition) is 4. The molecule has 1 saturated carbocycles. The quantitative estimate of drug-likeness (QED) is 0.699. The topological polar surface area (TPSA) is 78.7 Å². The zero-order chi connectivity index (χ0) is 19.2. The molecule has 0 bridgehead atoms. The number of rotatable bonds is 6. The number of nitrogens with zero attached hydrogens (tertiary/aromatic N) is 2. The summed E-state index contributed by atoms with van der Waals surface area (Å²) in [5, 5.41) is 2.85. The molecular weight excluding hydrogens is 418 g/mol. The van der Waals surface area contributed by atoms with E-state index in [1.807, 2.05) is 4.90 Å². The van der Waals surface area contributed by atoms with Gasteiger partial charge in [-0.3, -0.25) is 9.59 Å². The molecule has 1 aliphatic carbocycles. The molecule has 2 atom stereocenters. The van der Waals surface area contributed by atoms with Crippen LogP contribution in [0.3, 0.4) is 0 Å². The highest BCUT2D eigenvalue weighted by atomic mass is 35.5. The molecule has 1 aliphatic heterocycles. The lowest BCUT2D eigenvalue weighted by atomic mass is 10.00. The van der Waals surface area contributed by atoms with Gasteiger partial charge in [0.15, 0.2) is 0 Å². The SMILES string of the molecule is Cl.Cl.N[C@@H]1CCC[C@H]1CC(=O)NCCC(=O)N1CCN(c2ccc(F)cc2)CC1. The number of carbonyl (C=O) groups excluding carboxylic acids is 2. The maximum absolute atomic E-state index is 13.0. The number of nitrogens with one attached hydrogen (secondary N) is 1. The van der Waals surface area contributed by atoms with Crippen molar-refractivity contribution in [1.82, 2.24) is 10.2 Å². The standard InChI is InChI=1S/C20H29FN4O2.2ClH/c21-16-4-6-17(7-5-16)24-10-12-25(13-11-24)20(27)8-9-23-19(26)14-15-2-1-3-18(15)22;;/h4-7,15,18H,1-3,8-14,22H2,(H,23,26);2*1H/t15-,18+;;/m0../s1. The van der Waals surface area contributed by atoms with Crippen LogP contribution in [0.25, 0.3) is 0 Å². The molecule has 29 heavy (non-hydrogen) atoms. The second kappa shape index (κ2) is 12.2. The van der Waals surface area contributed by atoms with E-state index in [4.69, 9.17) is 5.73 Å². The monoisotopic (exact) mass is 448 g/mol. The van der Waals surface area contributed by atoms with Crippen LogP contribution in [-0.2, 0) is 9.59 Å². The smallest absolute Gasteiger partial charge is 0.224 e. The summed E-state index contributed by atoms with van der Waals surface area (Å²) in [6.45, 7) is 3.10. The van der Waals surface area contributed by atoms with Gasteiger partial charge in [-0.2, -0.15) is 0 Å². The van der Waals surface area contributed by atoms with Crippen LogP contribution in [0.5, 0.6) is 0 Å². The minimum atomic E-state index is -0.246. The fourth-order valence-corrected chi connectivity index (χ4v) is 3.96. The van der Waals surface area contributed by atoms with E-state index in [-0.39, 0.29) is 54.4 Å². The van der Waals surface area contributed by atoms with Crippen molar-refractivity contribution in [2.75, 3.05) is 37.6 Å². The van der Waals surface area contributed by atoms with Gasteiger partial charge in [-0.15, -0.1) is 24.8 Å². The van der Waals surface area contributed by atoms with Crippen molar-refractivity contribution in [3.63, 3.8) is 0 Å². The van der Waals surface area contributed by atoms with Crippen LogP contribution in [0.4, 0.5) is 10.1 Å². The third kappa shape index (κ3) is 7.32. The summed E-state index contributed by atoms with van der Waals surface area (Å²) in [6.07, 6.45) is 3.90. The van der Waals surface area contributed by atoms with E-state index in [9.17, 15) is 14.0 Å². The molecule has 1 heterocycles. The van der Waals surface area contributed by atoms with Crippen molar-refractivity contribution in [1.29, 1.82) is 0 Å². The third-order valence-corrected chi connectivity index (χ3v) is 5.65. The van der Waals surface area contributed by atoms with E-state index in [1.165, 1.54) is 12.1 Å². The fraction of sp³-hybridized carbons (Fsp3) is 0.600. The maximum Gasteiger partial charge on any atom is 0.224 e. The summed E-state index contributed by atoms with van der Waals surface area (Å²) in [4.78, 5) is 28.3. The predicted molar refractivity (Wildman–Crippen MR) is 117 cm³/mol. The van der Waals surface area contributed by atoms with Crippen molar-refractivity contribution < 1.29 is 14.0 Å². The Hall–Kier alpha value is -1.57. The Morgan fingerprint density at radius 2 is 1.72 bits per heavy atom. The molecule has 0 aromatic heterocycles. The van der Waals surface area contributed by atoms with Crippen LogP contribution < -0.4 is 16.0 Å². The Bertz CT molecular complexity index is 654. The summed E-state index contributed by atoms with van der Waals surface area (Å²) in [5.41, 5.74) is 6.97. The molecule has 0 radical (unpaired) electrons. The predicted octanol–water partition coefficient (Wildman–Crippen LogP) is 2.34. The lowest BCUT2D eigenvalue weighted by molar-refractivity contribution is -0.131. The van der Waals surface area contributed by atoms with Crippen molar-refractivity contribution in [3.05, 3.63) is 30.1 Å². The number of piperazine rings is 1. The first-order chi connectivity index (χ1) is 13.0. The number of benzene rings is 1. The first-order valence-electron chi connectivity index (χ1n) is 9.83. The molecular formula is C20H31Cl2FN4O2. The van der Waals surface area contributed by atoms with E-state index < -0.39 is 0 Å². The molecule has 2 amide bonds. The van der Waals surface area contributed by atoms with Crippen LogP contribution in [0.1, 0.15) is 32.1 Å². The minimum Gasteiger partial charge on any atom is -0.368 e. The van der Waals surface area contributed by atoms with Gasteiger partial charge in [0, 0.05) is 57.3 Å². The molecule has 3 rings (SSSR count). The van der Waals surface area contributed by atoms with Gasteiger partial charge in [0.1, 0.15) is 5.82 Å². The van der Waals surface area contributed by atoms with E-state index in [2.05, 4.69) is 10.2 Å². The first-order valence-corrected chi connectivity index (χ1v) is 9.83. The first kappa shape index (κ1) is 25.5. The lowest BCUT2D eigenvalue weighted by Gasteiger charge is -2.36. The molecule has 164 valence electrons. The normalized spacial score (nSPS) is 21.2. The minimum absolute atomic E-state index is 0. The number of halogens is 3. The highest BCUT2D eigenvalue weighted by molar-refractivity contribution is 5.85. The van der Waals surface area contributed by atoms with Crippen LogP contribution in [0.15, 0.2) is 24.3 Å². The van der Waals surface area contributed by atoms with E-state index in [1.54, 1.807) is 12.1 Å². The number of anilines is 1. The van der Waals surface area contributed by atoms with Crippen LogP contribution in [-0.4, -0.2) is 55.5 Å². The van der Waals surface area contributed by atoms with Gasteiger partial charge < -0.3 is 20.9 Å². The van der Waals surface area contributed by atoms with Gasteiger partial charge in [-0.25, -0.2) is 4.39 Å². The zero-order valence-corrected chi connectivity index (χ0v) is 18.2. The molecule has 1 aromatic carbocycles. The number of hydrogen-bond donors (Lipinski definition) is 2. The van der Waals surface area contributed by atoms with Gasteiger partial charge in [0.2, 0.25) is 11.8 Å². The van der Waals surface area contributed by atoms with E-state index in [0.29, 0.717) is 32.5 Å². The van der Waals surface area contributed by atoms with E-state index >= 15 is 0 Å². The lowest BCUT2D eigenvalue weighted by Crippen LogP contribution is -2.49. The van der Waals surface area contributed by atoms with Gasteiger partial charge >= 0.3 is 0 Å². The highest BCUT2D eigenvalue weighted by Crippen LogP contribution is 2.26. The Labute approximate surface area is 184 Å². The van der Waals surface area contributed by atoms with Gasteiger partial charge in [-0.1, -0.05) is 6.42 Å².